The number of non-ortho nitro benzene ring substituents is 2. The maximum atomic E-state index is 11.8. The average Bonchev–Trinajstić information content (AvgIpc) is 3.31. The van der Waals surface area contributed by atoms with E-state index in [1.165, 1.54) is 12.4 Å². The number of hydrogen-bond acceptors (Lipinski definition) is 16. The van der Waals surface area contributed by atoms with Crippen LogP contribution in [0.3, 0.4) is 0 Å². The van der Waals surface area contributed by atoms with Crippen LogP contribution in [0.2, 0.25) is 0 Å². The molecule has 6 rings (SSSR count). The minimum absolute atomic E-state index is 0.00428. The van der Waals surface area contributed by atoms with Crippen molar-refractivity contribution in [2.75, 3.05) is 0 Å². The van der Waals surface area contributed by atoms with Gasteiger partial charge in [0.1, 0.15) is 11.5 Å². The first-order chi connectivity index (χ1) is 35.1. The van der Waals surface area contributed by atoms with Crippen LogP contribution in [0.4, 0.5) is 45.5 Å². The summed E-state index contributed by atoms with van der Waals surface area (Å²) in [4.78, 5) is 62.2. The highest BCUT2D eigenvalue weighted by Gasteiger charge is 2.28. The van der Waals surface area contributed by atoms with Crippen LogP contribution < -0.4 is 0 Å². The van der Waals surface area contributed by atoms with Crippen LogP contribution in [0.5, 0.6) is 23.0 Å². The van der Waals surface area contributed by atoms with E-state index in [4.69, 9.17) is 9.98 Å². The molecule has 0 radical (unpaired) electrons. The van der Waals surface area contributed by atoms with E-state index >= 15 is 0 Å². The van der Waals surface area contributed by atoms with Gasteiger partial charge in [-0.2, -0.15) is 0 Å². The summed E-state index contributed by atoms with van der Waals surface area (Å²) in [5, 5.41) is 92.3. The summed E-state index contributed by atoms with van der Waals surface area (Å²) in [5.41, 5.74) is -0.184. The van der Waals surface area contributed by atoms with Crippen molar-refractivity contribution in [3.63, 3.8) is 0 Å². The molecule has 6 aromatic carbocycles. The second-order valence-corrected chi connectivity index (χ2v) is 22.2. The number of benzene rings is 6. The lowest BCUT2D eigenvalue weighted by molar-refractivity contribution is -0.395. The third-order valence-corrected chi connectivity index (χ3v) is 12.3. The zero-order chi connectivity index (χ0) is 56.6. The number of nitro benzene ring substituents is 4. The van der Waals surface area contributed by atoms with Crippen molar-refractivity contribution in [3.05, 3.63) is 170 Å². The number of nitro groups is 4. The van der Waals surface area contributed by atoms with E-state index in [0.717, 1.165) is 35.7 Å². The number of hydrogen-bond donors (Lipinski definition) is 4. The Morgan fingerprint density at radius 3 is 0.947 bits per heavy atom. The lowest BCUT2D eigenvalue weighted by Gasteiger charge is -2.27. The molecule has 0 atom stereocenters. The molecule has 0 heterocycles. The van der Waals surface area contributed by atoms with Crippen molar-refractivity contribution in [2.24, 2.45) is 20.0 Å². The second kappa shape index (κ2) is 21.0. The smallest absolute Gasteiger partial charge is 0.318 e. The molecule has 0 aliphatic carbocycles. The zero-order valence-electron chi connectivity index (χ0n) is 44.0. The predicted molar refractivity (Wildman–Crippen MR) is 295 cm³/mol. The van der Waals surface area contributed by atoms with Gasteiger partial charge < -0.3 is 20.4 Å². The Kier molecular flexibility index (Phi) is 15.5. The second-order valence-electron chi connectivity index (χ2n) is 22.2. The number of aliphatic imine (C=N–C) groups is 4. The van der Waals surface area contributed by atoms with Crippen LogP contribution in [0, 0.1) is 40.5 Å². The van der Waals surface area contributed by atoms with Gasteiger partial charge in [0.15, 0.2) is 0 Å². The van der Waals surface area contributed by atoms with Gasteiger partial charge in [-0.15, -0.1) is 0 Å². The molecule has 394 valence electrons. The molecule has 0 saturated carbocycles. The number of phenolic OH excluding ortho intramolecular Hbond substituents is 4. The van der Waals surface area contributed by atoms with Gasteiger partial charge in [0.2, 0.25) is 11.5 Å². The first kappa shape index (κ1) is 56.1. The zero-order valence-corrected chi connectivity index (χ0v) is 44.0. The highest BCUT2D eigenvalue weighted by molar-refractivity contribution is 5.95. The molecule has 0 fully saturated rings. The van der Waals surface area contributed by atoms with Crippen molar-refractivity contribution in [1.29, 1.82) is 0 Å². The molecule has 76 heavy (non-hydrogen) atoms. The summed E-state index contributed by atoms with van der Waals surface area (Å²) in [5.74, 6) is -1.78. The van der Waals surface area contributed by atoms with Gasteiger partial charge in [-0.1, -0.05) is 107 Å². The molecule has 0 spiro atoms. The molecule has 4 N–H and O–H groups in total. The van der Waals surface area contributed by atoms with Gasteiger partial charge in [-0.25, -0.2) is 0 Å². The van der Waals surface area contributed by atoms with Crippen molar-refractivity contribution < 1.29 is 40.1 Å². The average molecular weight is 1040 g/mol. The standard InChI is InChI=1S/C56H58N8O12/c1-53(2,3)37-17-33(49(65)41(23-37)55(7,8)9)27-57-43-15-13-31(21-45(43)59-29-35-19-39(61(69)70)25-47(51(35)67)63(73)74)32-14-16-44(58-28-34-18-38(54(4,5)6)24-42(50(34)66)56(10,11)12)46(22-32)60-30-36-20-40(62(71)72)26-48(52(36)68)64(75)76/h13-30,65-68H,1-12H3. The van der Waals surface area contributed by atoms with E-state index < -0.39 is 64.8 Å². The quantitative estimate of drug-likeness (QED) is 0.0477. The predicted octanol–water partition coefficient (Wildman–Crippen LogP) is 14.0. The molecule has 0 aliphatic heterocycles. The van der Waals surface area contributed by atoms with Crippen LogP contribution in [0.1, 0.15) is 128 Å². The fourth-order valence-electron chi connectivity index (χ4n) is 7.84. The van der Waals surface area contributed by atoms with Crippen LogP contribution in [-0.2, 0) is 21.7 Å². The SMILES string of the molecule is CC(C)(C)c1cc(C=Nc2ccc(-c3ccc(N=Cc4cc(C(C)(C)C)cc(C(C)(C)C)c4O)c(N=Cc4cc([N+](=O)[O-])cc([N+](=O)[O-])c4O)c3)cc2N=Cc2cc([N+](=O)[O-])cc([N+](=O)[O-])c2O)c(O)c(C(C)(C)C)c1. The van der Waals surface area contributed by atoms with Crippen LogP contribution in [-0.4, -0.2) is 65.0 Å². The summed E-state index contributed by atoms with van der Waals surface area (Å²) in [7, 11) is 0. The summed E-state index contributed by atoms with van der Waals surface area (Å²) in [6.45, 7) is 24.0. The summed E-state index contributed by atoms with van der Waals surface area (Å²) < 4.78 is 0. The van der Waals surface area contributed by atoms with E-state index in [1.807, 2.05) is 107 Å². The van der Waals surface area contributed by atoms with Crippen LogP contribution in [0.15, 0.2) is 105 Å². The molecule has 20 nitrogen and oxygen atoms in total. The monoisotopic (exact) mass is 1030 g/mol. The number of aromatic hydroxyl groups is 4. The molecule has 0 unspecified atom stereocenters. The lowest BCUT2D eigenvalue weighted by Crippen LogP contribution is -2.17. The van der Waals surface area contributed by atoms with E-state index in [-0.39, 0.29) is 56.2 Å². The topological polar surface area (TPSA) is 303 Å². The largest absolute Gasteiger partial charge is 0.507 e. The van der Waals surface area contributed by atoms with Crippen LogP contribution in [0.25, 0.3) is 11.1 Å². The van der Waals surface area contributed by atoms with Gasteiger partial charge >= 0.3 is 11.4 Å². The fraction of sp³-hybridized carbons (Fsp3) is 0.286. The van der Waals surface area contributed by atoms with E-state index in [1.54, 1.807) is 36.4 Å². The van der Waals surface area contributed by atoms with Gasteiger partial charge in [0.25, 0.3) is 11.4 Å². The molecule has 0 saturated heterocycles. The minimum atomic E-state index is -0.968. The van der Waals surface area contributed by atoms with E-state index in [2.05, 4.69) is 9.98 Å². The molecule has 0 amide bonds. The Bertz CT molecular complexity index is 3250. The third-order valence-electron chi connectivity index (χ3n) is 12.3. The molecule has 0 bridgehead atoms. The number of rotatable bonds is 13. The maximum absolute atomic E-state index is 11.8. The van der Waals surface area contributed by atoms with E-state index in [9.17, 15) is 60.9 Å². The first-order valence-corrected chi connectivity index (χ1v) is 23.7. The maximum Gasteiger partial charge on any atom is 0.318 e. The highest BCUT2D eigenvalue weighted by Crippen LogP contribution is 2.43. The molecular weight excluding hydrogens is 977 g/mol. The van der Waals surface area contributed by atoms with Crippen molar-refractivity contribution in [3.8, 4) is 34.1 Å². The van der Waals surface area contributed by atoms with Gasteiger partial charge in [0.05, 0.1) is 54.6 Å². The Morgan fingerprint density at radius 1 is 0.368 bits per heavy atom. The fourth-order valence-corrected chi connectivity index (χ4v) is 7.84. The number of phenols is 4. The summed E-state index contributed by atoms with van der Waals surface area (Å²) >= 11 is 0. The highest BCUT2D eigenvalue weighted by atomic mass is 16.6. The normalized spacial score (nSPS) is 12.6. The van der Waals surface area contributed by atoms with Gasteiger partial charge in [-0.05, 0) is 80.3 Å². The summed E-state index contributed by atoms with van der Waals surface area (Å²) in [6, 6.07) is 20.2. The molecule has 6 aromatic rings. The Hall–Kier alpha value is -9.20. The van der Waals surface area contributed by atoms with Gasteiger partial charge in [0, 0.05) is 70.4 Å². The van der Waals surface area contributed by atoms with Crippen molar-refractivity contribution in [1.82, 2.24) is 0 Å². The lowest BCUT2D eigenvalue weighted by atomic mass is 9.79. The van der Waals surface area contributed by atoms with Crippen molar-refractivity contribution in [2.45, 2.75) is 105 Å². The number of nitrogens with zero attached hydrogens (tertiary/aromatic N) is 8. The molecular formula is C56H58N8O12. The Morgan fingerprint density at radius 2 is 0.671 bits per heavy atom. The van der Waals surface area contributed by atoms with Crippen LogP contribution >= 0.6 is 0 Å². The molecule has 20 heteroatoms. The first-order valence-electron chi connectivity index (χ1n) is 23.7. The van der Waals surface area contributed by atoms with Gasteiger partial charge in [-0.3, -0.25) is 60.4 Å². The molecule has 0 aromatic heterocycles. The Balaban J connectivity index is 1.60. The van der Waals surface area contributed by atoms with Crippen molar-refractivity contribution >= 4 is 70.4 Å². The summed E-state index contributed by atoms with van der Waals surface area (Å²) in [6.07, 6.45) is 4.93. The third kappa shape index (κ3) is 12.6. The Labute approximate surface area is 437 Å². The van der Waals surface area contributed by atoms with E-state index in [0.29, 0.717) is 45.5 Å². The minimum Gasteiger partial charge on any atom is -0.507 e. The molecule has 0 aliphatic rings.